The number of ether oxygens (including phenoxy) is 1. The van der Waals surface area contributed by atoms with Crippen LogP contribution >= 0.6 is 23.8 Å². The van der Waals surface area contributed by atoms with Crippen LogP contribution in [-0.4, -0.2) is 70.4 Å². The molecule has 2 aromatic heterocycles. The number of nitrogens with zero attached hydrogens (tertiary/aromatic N) is 3. The van der Waals surface area contributed by atoms with Crippen molar-refractivity contribution < 1.29 is 19.1 Å². The number of carboxylic acids is 1. The molecule has 0 amide bonds. The number of nitrogens with one attached hydrogen (secondary N) is 1. The van der Waals surface area contributed by atoms with Gasteiger partial charge in [0.1, 0.15) is 17.6 Å². The molecule has 2 atom stereocenters. The number of rotatable bonds is 8. The Kier molecular flexibility index (Phi) is 7.52. The largest absolute Gasteiger partial charge is 0.478 e. The lowest BCUT2D eigenvalue weighted by Crippen LogP contribution is -2.38. The van der Waals surface area contributed by atoms with Gasteiger partial charge in [0.05, 0.1) is 35.5 Å². The van der Waals surface area contributed by atoms with Crippen LogP contribution < -0.4 is 5.32 Å². The summed E-state index contributed by atoms with van der Waals surface area (Å²) < 4.78 is 11.8. The Morgan fingerprint density at radius 1 is 1.17 bits per heavy atom. The third-order valence-electron chi connectivity index (χ3n) is 6.57. The van der Waals surface area contributed by atoms with Crippen LogP contribution in [0.1, 0.15) is 40.3 Å². The lowest BCUT2D eigenvalue weighted by molar-refractivity contribution is 0.0365. The van der Waals surface area contributed by atoms with Gasteiger partial charge >= 0.3 is 5.97 Å². The number of hydrogen-bond acceptors (Lipinski definition) is 6. The van der Waals surface area contributed by atoms with Crippen LogP contribution in [0.15, 0.2) is 59.1 Å². The summed E-state index contributed by atoms with van der Waals surface area (Å²) in [5, 5.41) is 13.9. The van der Waals surface area contributed by atoms with Gasteiger partial charge in [-0.25, -0.2) is 4.79 Å². The molecule has 0 bridgehead atoms. The highest BCUT2D eigenvalue weighted by Gasteiger charge is 2.41. The van der Waals surface area contributed by atoms with Gasteiger partial charge in [0.15, 0.2) is 5.11 Å². The van der Waals surface area contributed by atoms with E-state index in [1.54, 1.807) is 12.3 Å². The quantitative estimate of drug-likeness (QED) is 0.415. The Bertz CT molecular complexity index is 1230. The van der Waals surface area contributed by atoms with E-state index in [0.29, 0.717) is 27.2 Å². The van der Waals surface area contributed by atoms with Gasteiger partial charge in [-0.15, -0.1) is 0 Å². The molecule has 0 spiro atoms. The minimum absolute atomic E-state index is 0.146. The molecule has 2 fully saturated rings. The van der Waals surface area contributed by atoms with E-state index in [4.69, 9.17) is 33.0 Å². The number of pyridine rings is 1. The summed E-state index contributed by atoms with van der Waals surface area (Å²) >= 11 is 12.2. The maximum atomic E-state index is 11.5. The molecular formula is C26H27ClN4O4S. The first-order valence-corrected chi connectivity index (χ1v) is 12.7. The van der Waals surface area contributed by atoms with E-state index in [1.165, 1.54) is 12.1 Å². The SMILES string of the molecule is O=C(O)c1ccc(Cl)c(-c2ccc([C@@H]3[C@@H](c4ccccn4)NC(=S)N3CCCN3CCOCC3)o2)c1. The predicted octanol–water partition coefficient (Wildman–Crippen LogP) is 4.39. The van der Waals surface area contributed by atoms with E-state index in [9.17, 15) is 9.90 Å². The van der Waals surface area contributed by atoms with Crippen molar-refractivity contribution in [3.05, 3.63) is 76.8 Å². The fourth-order valence-electron chi connectivity index (χ4n) is 4.75. The Balaban J connectivity index is 1.43. The van der Waals surface area contributed by atoms with E-state index in [1.807, 2.05) is 30.3 Å². The van der Waals surface area contributed by atoms with Gasteiger partial charge in [-0.2, -0.15) is 0 Å². The molecule has 3 aromatic rings. The van der Waals surface area contributed by atoms with Crippen molar-refractivity contribution in [1.82, 2.24) is 20.1 Å². The van der Waals surface area contributed by atoms with Crippen LogP contribution in [0.3, 0.4) is 0 Å². The molecule has 10 heteroatoms. The molecule has 188 valence electrons. The van der Waals surface area contributed by atoms with E-state index in [-0.39, 0.29) is 17.6 Å². The second-order valence-electron chi connectivity index (χ2n) is 8.83. The first-order chi connectivity index (χ1) is 17.5. The van der Waals surface area contributed by atoms with Crippen molar-refractivity contribution in [2.75, 3.05) is 39.4 Å². The minimum Gasteiger partial charge on any atom is -0.478 e. The van der Waals surface area contributed by atoms with Gasteiger partial charge in [0.25, 0.3) is 0 Å². The van der Waals surface area contributed by atoms with Crippen molar-refractivity contribution in [1.29, 1.82) is 0 Å². The molecule has 2 saturated heterocycles. The number of thiocarbonyl (C=S) groups is 1. The minimum atomic E-state index is -1.02. The summed E-state index contributed by atoms with van der Waals surface area (Å²) in [6.07, 6.45) is 2.70. The highest BCUT2D eigenvalue weighted by atomic mass is 35.5. The van der Waals surface area contributed by atoms with Crippen molar-refractivity contribution >= 4 is 34.9 Å². The van der Waals surface area contributed by atoms with Gasteiger partial charge in [0.2, 0.25) is 0 Å². The van der Waals surface area contributed by atoms with Gasteiger partial charge in [-0.05, 0) is 61.1 Å². The Morgan fingerprint density at radius 2 is 2.00 bits per heavy atom. The molecular weight excluding hydrogens is 500 g/mol. The predicted molar refractivity (Wildman–Crippen MR) is 140 cm³/mol. The Hall–Kier alpha value is -2.98. The molecule has 0 aliphatic carbocycles. The molecule has 0 unspecified atom stereocenters. The number of carbonyl (C=O) groups is 1. The second kappa shape index (κ2) is 11.0. The fraction of sp³-hybridized carbons (Fsp3) is 0.346. The number of furan rings is 1. The van der Waals surface area contributed by atoms with E-state index >= 15 is 0 Å². The summed E-state index contributed by atoms with van der Waals surface area (Å²) in [6, 6.07) is 13.7. The number of halogens is 1. The van der Waals surface area contributed by atoms with Gasteiger partial charge in [-0.3, -0.25) is 9.88 Å². The van der Waals surface area contributed by atoms with E-state index < -0.39 is 5.97 Å². The molecule has 0 radical (unpaired) electrons. The first-order valence-electron chi connectivity index (χ1n) is 11.9. The molecule has 2 aliphatic rings. The zero-order chi connectivity index (χ0) is 25.1. The molecule has 2 aliphatic heterocycles. The van der Waals surface area contributed by atoms with Gasteiger partial charge in [-0.1, -0.05) is 17.7 Å². The standard InChI is InChI=1S/C26H27ClN4O4S/c27-19-6-5-17(25(32)33)16-18(19)21-7-8-22(35-21)24-23(20-4-1-2-9-28-20)29-26(36)31(24)11-3-10-30-12-14-34-15-13-30/h1-2,4-9,16,23-24H,3,10-15H2,(H,29,36)(H,32,33)/t23-,24-/m1/s1. The Morgan fingerprint density at radius 3 is 2.75 bits per heavy atom. The summed E-state index contributed by atoms with van der Waals surface area (Å²) in [7, 11) is 0. The summed E-state index contributed by atoms with van der Waals surface area (Å²) in [6.45, 7) is 5.15. The van der Waals surface area contributed by atoms with Crippen LogP contribution in [0, 0.1) is 0 Å². The van der Waals surface area contributed by atoms with Crippen molar-refractivity contribution in [2.24, 2.45) is 0 Å². The number of carboxylic acid groups (broad SMARTS) is 1. The van der Waals surface area contributed by atoms with Crippen LogP contribution in [0.2, 0.25) is 5.02 Å². The number of hydrogen-bond donors (Lipinski definition) is 2. The average Bonchev–Trinajstić information content (AvgIpc) is 3.50. The third-order valence-corrected chi connectivity index (χ3v) is 7.25. The molecule has 2 N–H and O–H groups in total. The van der Waals surface area contributed by atoms with Gasteiger partial charge in [0, 0.05) is 37.9 Å². The number of aromatic carboxylic acids is 1. The summed E-state index contributed by atoms with van der Waals surface area (Å²) in [5.41, 5.74) is 1.54. The van der Waals surface area contributed by atoms with Crippen LogP contribution in [-0.2, 0) is 4.74 Å². The average molecular weight is 527 g/mol. The smallest absolute Gasteiger partial charge is 0.335 e. The number of benzene rings is 1. The number of aromatic nitrogens is 1. The highest BCUT2D eigenvalue weighted by molar-refractivity contribution is 7.80. The van der Waals surface area contributed by atoms with Crippen molar-refractivity contribution in [2.45, 2.75) is 18.5 Å². The maximum absolute atomic E-state index is 11.5. The topological polar surface area (TPSA) is 91.1 Å². The molecule has 8 nitrogen and oxygen atoms in total. The van der Waals surface area contributed by atoms with E-state index in [0.717, 1.165) is 51.5 Å². The number of morpholine rings is 1. The molecule has 4 heterocycles. The van der Waals surface area contributed by atoms with Crippen molar-refractivity contribution in [3.63, 3.8) is 0 Å². The van der Waals surface area contributed by atoms with Crippen LogP contribution in [0.25, 0.3) is 11.3 Å². The third kappa shape index (κ3) is 5.24. The van der Waals surface area contributed by atoms with Crippen LogP contribution in [0.5, 0.6) is 0 Å². The van der Waals surface area contributed by atoms with Crippen molar-refractivity contribution in [3.8, 4) is 11.3 Å². The first kappa shape index (κ1) is 24.7. The molecule has 36 heavy (non-hydrogen) atoms. The molecule has 5 rings (SSSR count). The van der Waals surface area contributed by atoms with Crippen LogP contribution in [0.4, 0.5) is 0 Å². The summed E-state index contributed by atoms with van der Waals surface area (Å²) in [5.74, 6) is 0.187. The zero-order valence-corrected chi connectivity index (χ0v) is 21.2. The summed E-state index contributed by atoms with van der Waals surface area (Å²) in [4.78, 5) is 20.6. The normalized spacial score (nSPS) is 20.5. The second-order valence-corrected chi connectivity index (χ2v) is 9.62. The monoisotopic (exact) mass is 526 g/mol. The zero-order valence-electron chi connectivity index (χ0n) is 19.6. The van der Waals surface area contributed by atoms with Gasteiger partial charge < -0.3 is 24.5 Å². The molecule has 1 aromatic carbocycles. The lowest BCUT2D eigenvalue weighted by atomic mass is 10.0. The Labute approximate surface area is 219 Å². The molecule has 0 saturated carbocycles. The van der Waals surface area contributed by atoms with E-state index in [2.05, 4.69) is 20.1 Å². The highest BCUT2D eigenvalue weighted by Crippen LogP contribution is 2.41. The maximum Gasteiger partial charge on any atom is 0.335 e. The fourth-order valence-corrected chi connectivity index (χ4v) is 5.29. The lowest BCUT2D eigenvalue weighted by Gasteiger charge is -2.29.